The summed E-state index contributed by atoms with van der Waals surface area (Å²) in [5, 5.41) is 7.92. The number of carbonyl (C=O) groups is 1. The van der Waals surface area contributed by atoms with E-state index in [4.69, 9.17) is 0 Å². The van der Waals surface area contributed by atoms with E-state index in [1.165, 1.54) is 0 Å². The second kappa shape index (κ2) is 4.94. The van der Waals surface area contributed by atoms with Gasteiger partial charge in [0, 0.05) is 11.1 Å². The molecule has 0 saturated heterocycles. The molecule has 92 valence electrons. The lowest BCUT2D eigenvalue weighted by atomic mass is 9.98. The fourth-order valence-corrected chi connectivity index (χ4v) is 2.04. The summed E-state index contributed by atoms with van der Waals surface area (Å²) in [5.41, 5.74) is 3.70. The molecule has 2 aromatic rings. The van der Waals surface area contributed by atoms with E-state index in [0.717, 1.165) is 23.0 Å². The highest BCUT2D eigenvalue weighted by Gasteiger charge is 2.12. The van der Waals surface area contributed by atoms with Gasteiger partial charge in [0.15, 0.2) is 12.5 Å². The zero-order valence-electron chi connectivity index (χ0n) is 10.2. The van der Waals surface area contributed by atoms with Gasteiger partial charge in [-0.2, -0.15) is 5.11 Å². The monoisotopic (exact) mass is 249 g/mol. The van der Waals surface area contributed by atoms with Crippen molar-refractivity contribution < 1.29 is 4.79 Å². The van der Waals surface area contributed by atoms with E-state index in [1.54, 1.807) is 12.1 Å². The van der Waals surface area contributed by atoms with Crippen LogP contribution in [0.15, 0.2) is 63.8 Å². The first-order valence-electron chi connectivity index (χ1n) is 5.95. The second-order valence-electron chi connectivity index (χ2n) is 4.15. The van der Waals surface area contributed by atoms with Crippen molar-refractivity contribution >= 4 is 12.1 Å². The van der Waals surface area contributed by atoms with Crippen molar-refractivity contribution in [3.05, 3.63) is 59.7 Å². The molecular weight excluding hydrogens is 238 g/mol. The summed E-state index contributed by atoms with van der Waals surface area (Å²) in [4.78, 5) is 14.9. The average Bonchev–Trinajstić information content (AvgIpc) is 3.01. The van der Waals surface area contributed by atoms with E-state index < -0.39 is 0 Å². The molecule has 4 nitrogen and oxygen atoms in total. The van der Waals surface area contributed by atoms with Crippen molar-refractivity contribution in [1.82, 2.24) is 0 Å². The van der Waals surface area contributed by atoms with Gasteiger partial charge in [-0.25, -0.2) is 4.99 Å². The minimum Gasteiger partial charge on any atom is -0.298 e. The summed E-state index contributed by atoms with van der Waals surface area (Å²) >= 11 is 0. The third-order valence-corrected chi connectivity index (χ3v) is 2.97. The van der Waals surface area contributed by atoms with E-state index in [2.05, 4.69) is 15.2 Å². The molecule has 0 spiro atoms. The molecule has 0 unspecified atom stereocenters. The quantitative estimate of drug-likeness (QED) is 0.770. The topological polar surface area (TPSA) is 54.1 Å². The highest BCUT2D eigenvalue weighted by Crippen LogP contribution is 2.25. The Morgan fingerprint density at radius 3 is 2.32 bits per heavy atom. The lowest BCUT2D eigenvalue weighted by Gasteiger charge is -2.07. The molecule has 0 N–H and O–H groups in total. The lowest BCUT2D eigenvalue weighted by molar-refractivity contribution is 0.112. The Labute approximate surface area is 110 Å². The summed E-state index contributed by atoms with van der Waals surface area (Å²) in [6.45, 7) is 0.397. The van der Waals surface area contributed by atoms with Gasteiger partial charge in [-0.1, -0.05) is 48.5 Å². The van der Waals surface area contributed by atoms with Gasteiger partial charge in [-0.05, 0) is 11.1 Å². The molecule has 1 aliphatic rings. The minimum absolute atomic E-state index is 0.397. The van der Waals surface area contributed by atoms with Crippen molar-refractivity contribution in [2.45, 2.75) is 0 Å². The van der Waals surface area contributed by atoms with E-state index in [0.29, 0.717) is 18.1 Å². The normalized spacial score (nSPS) is 13.4. The van der Waals surface area contributed by atoms with Crippen molar-refractivity contribution in [2.24, 2.45) is 15.2 Å². The van der Waals surface area contributed by atoms with Crippen LogP contribution in [0.25, 0.3) is 11.1 Å². The van der Waals surface area contributed by atoms with Crippen LogP contribution in [0.5, 0.6) is 0 Å². The summed E-state index contributed by atoms with van der Waals surface area (Å²) in [6, 6.07) is 15.4. The average molecular weight is 249 g/mol. The summed E-state index contributed by atoms with van der Waals surface area (Å²) in [7, 11) is 0. The van der Waals surface area contributed by atoms with Gasteiger partial charge < -0.3 is 0 Å². The molecule has 19 heavy (non-hydrogen) atoms. The Morgan fingerprint density at radius 2 is 1.68 bits per heavy atom. The van der Waals surface area contributed by atoms with Crippen LogP contribution in [0.4, 0.5) is 0 Å². The van der Waals surface area contributed by atoms with Crippen molar-refractivity contribution in [2.75, 3.05) is 6.67 Å². The maximum atomic E-state index is 10.7. The molecule has 0 fully saturated rings. The largest absolute Gasteiger partial charge is 0.298 e. The highest BCUT2D eigenvalue weighted by atomic mass is 16.1. The fourth-order valence-electron chi connectivity index (χ4n) is 2.04. The number of amidine groups is 1. The van der Waals surface area contributed by atoms with Crippen LogP contribution in [0.2, 0.25) is 0 Å². The van der Waals surface area contributed by atoms with Crippen LogP contribution in [0.3, 0.4) is 0 Å². The van der Waals surface area contributed by atoms with Crippen LogP contribution in [0.1, 0.15) is 15.9 Å². The third-order valence-electron chi connectivity index (χ3n) is 2.97. The molecule has 4 heteroatoms. The predicted octanol–water partition coefficient (Wildman–Crippen LogP) is 3.34. The molecule has 3 rings (SSSR count). The fraction of sp³-hybridized carbons (Fsp3) is 0.0667. The van der Waals surface area contributed by atoms with Crippen molar-refractivity contribution in [3.8, 4) is 11.1 Å². The number of benzene rings is 2. The van der Waals surface area contributed by atoms with Gasteiger partial charge in [0.2, 0.25) is 0 Å². The minimum atomic E-state index is 0.397. The van der Waals surface area contributed by atoms with E-state index in [9.17, 15) is 4.79 Å². The third kappa shape index (κ3) is 2.20. The molecule has 0 amide bonds. The van der Waals surface area contributed by atoms with E-state index >= 15 is 0 Å². The smallest absolute Gasteiger partial charge is 0.179 e. The zero-order chi connectivity index (χ0) is 13.1. The molecular formula is C15H11N3O. The Balaban J connectivity index is 2.08. The number of hydrogen-bond donors (Lipinski definition) is 0. The van der Waals surface area contributed by atoms with Gasteiger partial charge in [-0.15, -0.1) is 5.11 Å². The maximum Gasteiger partial charge on any atom is 0.179 e. The van der Waals surface area contributed by atoms with Gasteiger partial charge >= 0.3 is 0 Å². The molecule has 0 bridgehead atoms. The summed E-state index contributed by atoms with van der Waals surface area (Å²) < 4.78 is 0. The number of aldehydes is 1. The lowest BCUT2D eigenvalue weighted by Crippen LogP contribution is -1.97. The van der Waals surface area contributed by atoms with Crippen LogP contribution >= 0.6 is 0 Å². The predicted molar refractivity (Wildman–Crippen MR) is 73.5 cm³/mol. The first kappa shape index (κ1) is 11.5. The number of aliphatic imine (C=N–C) groups is 1. The highest BCUT2D eigenvalue weighted by molar-refractivity contribution is 6.05. The Hall–Kier alpha value is -2.62. The Morgan fingerprint density at radius 1 is 0.947 bits per heavy atom. The molecule has 1 heterocycles. The Kier molecular flexibility index (Phi) is 2.98. The molecule has 0 saturated carbocycles. The SMILES string of the molecule is O=Cc1ccc(-c2ccccc2C2=NCN=N2)cc1. The first-order chi connectivity index (χ1) is 9.38. The van der Waals surface area contributed by atoms with Crippen LogP contribution in [-0.2, 0) is 0 Å². The van der Waals surface area contributed by atoms with Crippen molar-refractivity contribution in [3.63, 3.8) is 0 Å². The number of hydrogen-bond acceptors (Lipinski definition) is 4. The molecule has 2 aromatic carbocycles. The van der Waals surface area contributed by atoms with Crippen LogP contribution < -0.4 is 0 Å². The van der Waals surface area contributed by atoms with E-state index in [1.807, 2.05) is 36.4 Å². The first-order valence-corrected chi connectivity index (χ1v) is 5.95. The van der Waals surface area contributed by atoms with Gasteiger partial charge in [0.1, 0.15) is 6.29 Å². The van der Waals surface area contributed by atoms with Gasteiger partial charge in [0.25, 0.3) is 0 Å². The van der Waals surface area contributed by atoms with Gasteiger partial charge in [-0.3, -0.25) is 4.79 Å². The number of carbonyl (C=O) groups excluding carboxylic acids is 1. The number of azo groups is 1. The standard InChI is InChI=1S/C15H11N3O/c19-9-11-5-7-12(8-6-11)13-3-1-2-4-14(13)15-16-10-17-18-15/h1-9H,10H2. The molecule has 0 radical (unpaired) electrons. The summed E-state index contributed by atoms with van der Waals surface area (Å²) in [6.07, 6.45) is 0.838. The van der Waals surface area contributed by atoms with E-state index in [-0.39, 0.29) is 0 Å². The number of nitrogens with zero attached hydrogens (tertiary/aromatic N) is 3. The van der Waals surface area contributed by atoms with Crippen LogP contribution in [-0.4, -0.2) is 18.8 Å². The summed E-state index contributed by atoms with van der Waals surface area (Å²) in [5.74, 6) is 0.662. The molecule has 0 atom stereocenters. The van der Waals surface area contributed by atoms with Gasteiger partial charge in [0.05, 0.1) is 0 Å². The van der Waals surface area contributed by atoms with Crippen molar-refractivity contribution in [1.29, 1.82) is 0 Å². The second-order valence-corrected chi connectivity index (χ2v) is 4.15. The molecule has 0 aromatic heterocycles. The van der Waals surface area contributed by atoms with Crippen LogP contribution in [0, 0.1) is 0 Å². The number of rotatable bonds is 3. The maximum absolute atomic E-state index is 10.7. The Bertz CT molecular complexity index is 672. The molecule has 1 aliphatic heterocycles. The zero-order valence-corrected chi connectivity index (χ0v) is 10.2. The molecule has 0 aliphatic carbocycles.